The van der Waals surface area contributed by atoms with E-state index < -0.39 is 0 Å². The van der Waals surface area contributed by atoms with Crippen molar-refractivity contribution in [3.05, 3.63) is 0 Å². The van der Waals surface area contributed by atoms with E-state index in [1.807, 2.05) is 0 Å². The van der Waals surface area contributed by atoms with Crippen LogP contribution in [0, 0.1) is 18.3 Å². The summed E-state index contributed by atoms with van der Waals surface area (Å²) in [5.74, 6) is 3.60. The largest absolute Gasteiger partial charge is 0.303 e. The molecule has 11 heavy (non-hydrogen) atoms. The average Bonchev–Trinajstić information content (AvgIpc) is 1.93. The van der Waals surface area contributed by atoms with Gasteiger partial charge in [-0.2, -0.15) is 0 Å². The van der Waals surface area contributed by atoms with Gasteiger partial charge in [-0.25, -0.2) is 0 Å². The van der Waals surface area contributed by atoms with Crippen LogP contribution >= 0.6 is 0 Å². The van der Waals surface area contributed by atoms with E-state index >= 15 is 0 Å². The molecule has 1 N–H and O–H groups in total. The number of hydrogen-bond donors (Lipinski definition) is 1. The van der Waals surface area contributed by atoms with Gasteiger partial charge < -0.3 is 5.32 Å². The molecule has 0 radical (unpaired) electrons. The predicted molar refractivity (Wildman–Crippen MR) is 48.3 cm³/mol. The Morgan fingerprint density at radius 2 is 2.36 bits per heavy atom. The minimum atomic E-state index is 0.351. The van der Waals surface area contributed by atoms with E-state index in [-0.39, 0.29) is 0 Å². The summed E-state index contributed by atoms with van der Waals surface area (Å²) in [5.41, 5.74) is 0. The summed E-state index contributed by atoms with van der Waals surface area (Å²) in [5, 5.41) is 3.38. The molecule has 1 aliphatic rings. The highest BCUT2D eigenvalue weighted by Gasteiger charge is 2.24. The van der Waals surface area contributed by atoms with Crippen molar-refractivity contribution in [3.63, 3.8) is 0 Å². The third-order valence-electron chi connectivity index (χ3n) is 2.42. The smallest absolute Gasteiger partial charge is 0.0715 e. The molecule has 62 valence electrons. The molecule has 0 bridgehead atoms. The highest BCUT2D eigenvalue weighted by atomic mass is 14.9. The van der Waals surface area contributed by atoms with E-state index in [1.54, 1.807) is 0 Å². The van der Waals surface area contributed by atoms with Crippen LogP contribution < -0.4 is 5.32 Å². The predicted octanol–water partition coefficient (Wildman–Crippen LogP) is 1.79. The zero-order valence-electron chi connectivity index (χ0n) is 7.27. The van der Waals surface area contributed by atoms with Gasteiger partial charge in [-0.15, -0.1) is 6.42 Å². The molecule has 1 saturated carbocycles. The Labute approximate surface area is 69.6 Å². The molecular formula is C10H17N. The first kappa shape index (κ1) is 8.62. The highest BCUT2D eigenvalue weighted by molar-refractivity contribution is 5.04. The minimum Gasteiger partial charge on any atom is -0.303 e. The van der Waals surface area contributed by atoms with Crippen LogP contribution in [0.2, 0.25) is 0 Å². The van der Waals surface area contributed by atoms with E-state index in [9.17, 15) is 0 Å². The molecule has 0 aromatic rings. The Bertz CT molecular complexity index is 141. The van der Waals surface area contributed by atoms with Crippen LogP contribution in [0.4, 0.5) is 0 Å². The minimum absolute atomic E-state index is 0.351. The van der Waals surface area contributed by atoms with Crippen LogP contribution in [-0.2, 0) is 0 Å². The number of terminal acetylenes is 1. The summed E-state index contributed by atoms with van der Waals surface area (Å²) in [4.78, 5) is 0. The first-order valence-electron chi connectivity index (χ1n) is 4.58. The molecular weight excluding hydrogens is 134 g/mol. The third-order valence-corrected chi connectivity index (χ3v) is 2.42. The van der Waals surface area contributed by atoms with Gasteiger partial charge in [-0.1, -0.05) is 19.3 Å². The normalized spacial score (nSPS) is 20.4. The summed E-state index contributed by atoms with van der Waals surface area (Å²) in [7, 11) is 0. The fraction of sp³-hybridized carbons (Fsp3) is 0.800. The molecule has 1 fully saturated rings. The second kappa shape index (κ2) is 4.41. The van der Waals surface area contributed by atoms with Gasteiger partial charge in [-0.3, -0.25) is 0 Å². The first-order valence-corrected chi connectivity index (χ1v) is 4.58. The summed E-state index contributed by atoms with van der Waals surface area (Å²) in [6, 6.07) is 0.351. The van der Waals surface area contributed by atoms with Crippen molar-refractivity contribution in [2.45, 2.75) is 38.6 Å². The van der Waals surface area contributed by atoms with Crippen molar-refractivity contribution >= 4 is 0 Å². The zero-order valence-corrected chi connectivity index (χ0v) is 7.27. The number of nitrogens with one attached hydrogen (secondary N) is 1. The van der Waals surface area contributed by atoms with Crippen molar-refractivity contribution in [1.29, 1.82) is 0 Å². The van der Waals surface area contributed by atoms with Gasteiger partial charge in [0.25, 0.3) is 0 Å². The van der Waals surface area contributed by atoms with Gasteiger partial charge >= 0.3 is 0 Å². The molecule has 0 aromatic carbocycles. The van der Waals surface area contributed by atoms with Gasteiger partial charge in [0.2, 0.25) is 0 Å². The lowest BCUT2D eigenvalue weighted by molar-refractivity contribution is 0.265. The topological polar surface area (TPSA) is 12.0 Å². The second-order valence-electron chi connectivity index (χ2n) is 3.29. The molecule has 0 spiro atoms. The molecule has 1 heteroatoms. The van der Waals surface area contributed by atoms with Crippen molar-refractivity contribution in [2.75, 3.05) is 6.54 Å². The van der Waals surface area contributed by atoms with Crippen molar-refractivity contribution in [3.8, 4) is 12.3 Å². The van der Waals surface area contributed by atoms with Gasteiger partial charge in [0.05, 0.1) is 6.04 Å². The van der Waals surface area contributed by atoms with E-state index in [0.717, 1.165) is 12.5 Å². The Morgan fingerprint density at radius 1 is 1.64 bits per heavy atom. The molecule has 1 nitrogen and oxygen atoms in total. The standard InChI is InChI=1S/C10H17N/c1-3-8-11-10(4-2)9-6-5-7-9/h2,9-11H,3,5-8H2,1H3. The van der Waals surface area contributed by atoms with Gasteiger partial charge in [0.15, 0.2) is 0 Å². The maximum Gasteiger partial charge on any atom is 0.0715 e. The fourth-order valence-electron chi connectivity index (χ4n) is 1.43. The number of hydrogen-bond acceptors (Lipinski definition) is 1. The summed E-state index contributed by atoms with van der Waals surface area (Å²) in [6.07, 6.45) is 10.6. The van der Waals surface area contributed by atoms with E-state index in [2.05, 4.69) is 18.2 Å². The van der Waals surface area contributed by atoms with Crippen molar-refractivity contribution in [1.82, 2.24) is 5.32 Å². The Morgan fingerprint density at radius 3 is 2.73 bits per heavy atom. The lowest BCUT2D eigenvalue weighted by Crippen LogP contribution is -2.38. The van der Waals surface area contributed by atoms with Crippen molar-refractivity contribution < 1.29 is 0 Å². The van der Waals surface area contributed by atoms with Crippen LogP contribution in [0.25, 0.3) is 0 Å². The molecule has 1 rings (SSSR count). The summed E-state index contributed by atoms with van der Waals surface area (Å²) < 4.78 is 0. The van der Waals surface area contributed by atoms with Crippen LogP contribution in [0.15, 0.2) is 0 Å². The molecule has 1 atom stereocenters. The van der Waals surface area contributed by atoms with Gasteiger partial charge in [0.1, 0.15) is 0 Å². The molecule has 1 unspecified atom stereocenters. The number of rotatable bonds is 4. The molecule has 1 aliphatic carbocycles. The van der Waals surface area contributed by atoms with Crippen LogP contribution in [0.3, 0.4) is 0 Å². The first-order chi connectivity index (χ1) is 5.38. The van der Waals surface area contributed by atoms with E-state index in [0.29, 0.717) is 6.04 Å². The Kier molecular flexibility index (Phi) is 3.45. The Balaban J connectivity index is 2.20. The van der Waals surface area contributed by atoms with Crippen LogP contribution in [0.5, 0.6) is 0 Å². The lowest BCUT2D eigenvalue weighted by Gasteiger charge is -2.31. The van der Waals surface area contributed by atoms with Crippen molar-refractivity contribution in [2.24, 2.45) is 5.92 Å². The third kappa shape index (κ3) is 2.24. The summed E-state index contributed by atoms with van der Waals surface area (Å²) >= 11 is 0. The van der Waals surface area contributed by atoms with Crippen LogP contribution in [0.1, 0.15) is 32.6 Å². The second-order valence-corrected chi connectivity index (χ2v) is 3.29. The van der Waals surface area contributed by atoms with Gasteiger partial charge in [0, 0.05) is 0 Å². The average molecular weight is 151 g/mol. The fourth-order valence-corrected chi connectivity index (χ4v) is 1.43. The van der Waals surface area contributed by atoms with Crippen LogP contribution in [-0.4, -0.2) is 12.6 Å². The molecule has 0 aliphatic heterocycles. The van der Waals surface area contributed by atoms with E-state index in [1.165, 1.54) is 25.7 Å². The molecule has 0 amide bonds. The zero-order chi connectivity index (χ0) is 8.10. The molecule has 0 heterocycles. The van der Waals surface area contributed by atoms with E-state index in [4.69, 9.17) is 6.42 Å². The maximum absolute atomic E-state index is 5.41. The highest BCUT2D eigenvalue weighted by Crippen LogP contribution is 2.29. The molecule has 0 saturated heterocycles. The molecule has 0 aromatic heterocycles. The lowest BCUT2D eigenvalue weighted by atomic mass is 9.80. The SMILES string of the molecule is C#CC(NCCC)C1CCC1. The quantitative estimate of drug-likeness (QED) is 0.604. The van der Waals surface area contributed by atoms with Gasteiger partial charge in [-0.05, 0) is 31.7 Å². The maximum atomic E-state index is 5.41. The monoisotopic (exact) mass is 151 g/mol. The Hall–Kier alpha value is -0.480. The summed E-state index contributed by atoms with van der Waals surface area (Å²) in [6.45, 7) is 3.23.